The van der Waals surface area contributed by atoms with Crippen molar-refractivity contribution in [3.05, 3.63) is 47.2 Å². The number of amides is 2. The monoisotopic (exact) mass is 435 g/mol. The average Bonchev–Trinajstić information content (AvgIpc) is 3.52. The zero-order chi connectivity index (χ0) is 21.5. The van der Waals surface area contributed by atoms with Gasteiger partial charge in [-0.05, 0) is 12.0 Å². The molecule has 0 bridgehead atoms. The number of aliphatic imine (C=N–C) groups is 1. The summed E-state index contributed by atoms with van der Waals surface area (Å²) in [6.45, 7) is 3.38. The Hall–Kier alpha value is -3.53. The van der Waals surface area contributed by atoms with E-state index in [-0.39, 0.29) is 18.4 Å². The third-order valence-electron chi connectivity index (χ3n) is 5.42. The van der Waals surface area contributed by atoms with Crippen molar-refractivity contribution < 1.29 is 9.59 Å². The second-order valence-electron chi connectivity index (χ2n) is 7.38. The topological polar surface area (TPSA) is 95.7 Å². The summed E-state index contributed by atoms with van der Waals surface area (Å²) in [5, 5.41) is 5.27. The fraction of sp³-hybridized carbons (Fsp3) is 0.286. The maximum Gasteiger partial charge on any atom is 0.280 e. The first-order valence-electron chi connectivity index (χ1n) is 10.0. The van der Waals surface area contributed by atoms with Crippen molar-refractivity contribution in [3.8, 4) is 11.3 Å². The number of nitrogens with zero attached hydrogens (tertiary/aromatic N) is 6. The lowest BCUT2D eigenvalue weighted by Crippen LogP contribution is -2.48. The molecule has 0 unspecified atom stereocenters. The fourth-order valence-corrected chi connectivity index (χ4v) is 4.50. The number of fused-ring (bicyclic) bond motifs is 3. The van der Waals surface area contributed by atoms with Crippen molar-refractivity contribution in [1.29, 1.82) is 0 Å². The molecule has 0 atom stereocenters. The Labute approximate surface area is 183 Å². The summed E-state index contributed by atoms with van der Waals surface area (Å²) in [5.74, 6) is 0.678. The number of nitrogens with one attached hydrogen (secondary N) is 1. The minimum Gasteiger partial charge on any atom is -0.315 e. The molecule has 3 aromatic rings. The highest BCUT2D eigenvalue weighted by Crippen LogP contribution is 2.29. The van der Waals surface area contributed by atoms with Crippen molar-refractivity contribution in [1.82, 2.24) is 19.4 Å². The van der Waals surface area contributed by atoms with Crippen LogP contribution in [0.5, 0.6) is 0 Å². The summed E-state index contributed by atoms with van der Waals surface area (Å²) in [4.78, 5) is 42.1. The molecular formula is C21H21N7O2S. The molecule has 1 N–H and O–H groups in total. The molecule has 2 aliphatic rings. The molecule has 9 nitrogen and oxygen atoms in total. The van der Waals surface area contributed by atoms with Crippen LogP contribution in [0.25, 0.3) is 11.3 Å². The Morgan fingerprint density at radius 3 is 2.84 bits per heavy atom. The van der Waals surface area contributed by atoms with Crippen LogP contribution in [0.1, 0.15) is 23.0 Å². The van der Waals surface area contributed by atoms with Crippen LogP contribution in [0, 0.1) is 0 Å². The first kappa shape index (κ1) is 19.4. The van der Waals surface area contributed by atoms with Crippen LogP contribution < -0.4 is 10.2 Å². The Morgan fingerprint density at radius 1 is 1.26 bits per heavy atom. The van der Waals surface area contributed by atoms with Crippen LogP contribution in [0.2, 0.25) is 0 Å². The number of carbonyl (C=O) groups is 2. The molecule has 2 amide bonds. The fourth-order valence-electron chi connectivity index (χ4n) is 3.77. The SMILES string of the molecule is CCc1ccc(-c2csc(NC(=O)Cn3cnc4c3C(=O)N(C)C3=NCCN34)n2)cc1. The number of hydrogen-bond donors (Lipinski definition) is 1. The average molecular weight is 436 g/mol. The molecule has 0 aliphatic carbocycles. The predicted molar refractivity (Wildman–Crippen MR) is 120 cm³/mol. The van der Waals surface area contributed by atoms with Gasteiger partial charge in [0.15, 0.2) is 16.6 Å². The van der Waals surface area contributed by atoms with E-state index in [0.717, 1.165) is 17.7 Å². The minimum absolute atomic E-state index is 0.0255. The molecule has 0 spiro atoms. The lowest BCUT2D eigenvalue weighted by molar-refractivity contribution is -0.116. The quantitative estimate of drug-likeness (QED) is 0.664. The number of aromatic nitrogens is 3. The second kappa shape index (κ2) is 7.62. The molecule has 10 heteroatoms. The van der Waals surface area contributed by atoms with Crippen molar-refractivity contribution in [2.75, 3.05) is 30.4 Å². The van der Waals surface area contributed by atoms with E-state index in [1.165, 1.54) is 28.1 Å². The van der Waals surface area contributed by atoms with Gasteiger partial charge < -0.3 is 9.88 Å². The summed E-state index contributed by atoms with van der Waals surface area (Å²) in [5.41, 5.74) is 3.49. The van der Waals surface area contributed by atoms with Gasteiger partial charge in [-0.25, -0.2) is 9.97 Å². The van der Waals surface area contributed by atoms with Gasteiger partial charge in [0.1, 0.15) is 6.54 Å². The number of imidazole rings is 1. The summed E-state index contributed by atoms with van der Waals surface area (Å²) < 4.78 is 1.58. The van der Waals surface area contributed by atoms with E-state index in [9.17, 15) is 9.59 Å². The molecule has 0 fully saturated rings. The molecule has 31 heavy (non-hydrogen) atoms. The summed E-state index contributed by atoms with van der Waals surface area (Å²) in [6, 6.07) is 8.24. The highest BCUT2D eigenvalue weighted by Gasteiger charge is 2.38. The molecule has 0 saturated heterocycles. The normalized spacial score (nSPS) is 15.0. The number of rotatable bonds is 5. The van der Waals surface area contributed by atoms with Crippen LogP contribution in [-0.4, -0.2) is 57.3 Å². The Bertz CT molecular complexity index is 1190. The number of thiazole rings is 1. The molecule has 1 aromatic carbocycles. The van der Waals surface area contributed by atoms with Gasteiger partial charge in [0.2, 0.25) is 11.9 Å². The number of benzene rings is 1. The number of carbonyl (C=O) groups excluding carboxylic acids is 2. The van der Waals surface area contributed by atoms with Gasteiger partial charge in [-0.15, -0.1) is 11.3 Å². The predicted octanol–water partition coefficient (Wildman–Crippen LogP) is 2.47. The first-order chi connectivity index (χ1) is 15.0. The van der Waals surface area contributed by atoms with Crippen molar-refractivity contribution in [3.63, 3.8) is 0 Å². The van der Waals surface area contributed by atoms with Gasteiger partial charge in [-0.2, -0.15) is 0 Å². The van der Waals surface area contributed by atoms with E-state index >= 15 is 0 Å². The molecule has 2 aromatic heterocycles. The largest absolute Gasteiger partial charge is 0.315 e. The van der Waals surface area contributed by atoms with E-state index in [4.69, 9.17) is 0 Å². The Kier molecular flexibility index (Phi) is 4.78. The molecule has 4 heterocycles. The molecule has 0 saturated carbocycles. The van der Waals surface area contributed by atoms with Gasteiger partial charge in [0.25, 0.3) is 5.91 Å². The Balaban J connectivity index is 1.31. The second-order valence-corrected chi connectivity index (χ2v) is 8.24. The number of aryl methyl sites for hydroxylation is 1. The third kappa shape index (κ3) is 3.38. The maximum atomic E-state index is 12.8. The van der Waals surface area contributed by atoms with Crippen LogP contribution in [0.4, 0.5) is 10.9 Å². The molecular weight excluding hydrogens is 414 g/mol. The first-order valence-corrected chi connectivity index (χ1v) is 10.9. The summed E-state index contributed by atoms with van der Waals surface area (Å²) >= 11 is 1.37. The van der Waals surface area contributed by atoms with E-state index < -0.39 is 0 Å². The summed E-state index contributed by atoms with van der Waals surface area (Å²) in [7, 11) is 1.68. The number of hydrogen-bond acceptors (Lipinski definition) is 7. The number of guanidine groups is 1. The Morgan fingerprint density at radius 2 is 2.06 bits per heavy atom. The van der Waals surface area contributed by atoms with Gasteiger partial charge in [-0.3, -0.25) is 24.4 Å². The summed E-state index contributed by atoms with van der Waals surface area (Å²) in [6.07, 6.45) is 2.51. The number of anilines is 2. The molecule has 0 radical (unpaired) electrons. The highest BCUT2D eigenvalue weighted by molar-refractivity contribution is 7.14. The van der Waals surface area contributed by atoms with Crippen LogP contribution in [-0.2, 0) is 17.8 Å². The zero-order valence-electron chi connectivity index (χ0n) is 17.2. The molecule has 2 aliphatic heterocycles. The van der Waals surface area contributed by atoms with E-state index in [0.29, 0.717) is 35.7 Å². The zero-order valence-corrected chi connectivity index (χ0v) is 18.0. The highest BCUT2D eigenvalue weighted by atomic mass is 32.1. The standard InChI is InChI=1S/C21H21N7O2S/c1-3-13-4-6-14(7-5-13)15-11-31-20(24-15)25-16(29)10-27-12-23-18-17(27)19(30)26(2)21-22-8-9-28(18)21/h4-7,11-12H,3,8-10H2,1-2H3,(H,24,25,29). The van der Waals surface area contributed by atoms with Crippen molar-refractivity contribution >= 4 is 40.1 Å². The third-order valence-corrected chi connectivity index (χ3v) is 6.18. The van der Waals surface area contributed by atoms with Gasteiger partial charge in [-0.1, -0.05) is 31.2 Å². The molecule has 5 rings (SSSR count). The van der Waals surface area contributed by atoms with E-state index in [1.54, 1.807) is 11.6 Å². The molecule has 158 valence electrons. The van der Waals surface area contributed by atoms with Crippen LogP contribution in [0.15, 0.2) is 41.0 Å². The van der Waals surface area contributed by atoms with E-state index in [1.807, 2.05) is 22.4 Å². The maximum absolute atomic E-state index is 12.8. The van der Waals surface area contributed by atoms with Crippen molar-refractivity contribution in [2.24, 2.45) is 4.99 Å². The van der Waals surface area contributed by atoms with Crippen LogP contribution >= 0.6 is 11.3 Å². The smallest absolute Gasteiger partial charge is 0.280 e. The minimum atomic E-state index is -0.265. The lowest BCUT2D eigenvalue weighted by atomic mass is 10.1. The van der Waals surface area contributed by atoms with Crippen LogP contribution in [0.3, 0.4) is 0 Å². The van der Waals surface area contributed by atoms with Gasteiger partial charge in [0.05, 0.1) is 18.6 Å². The van der Waals surface area contributed by atoms with E-state index in [2.05, 4.69) is 39.3 Å². The lowest BCUT2D eigenvalue weighted by Gasteiger charge is -2.30. The van der Waals surface area contributed by atoms with Gasteiger partial charge >= 0.3 is 0 Å². The van der Waals surface area contributed by atoms with Gasteiger partial charge in [0, 0.05) is 24.5 Å². The van der Waals surface area contributed by atoms with Crippen molar-refractivity contribution in [2.45, 2.75) is 19.9 Å².